The van der Waals surface area contributed by atoms with Crippen molar-refractivity contribution in [1.82, 2.24) is 4.90 Å². The molecule has 20 heavy (non-hydrogen) atoms. The molecule has 0 aromatic heterocycles. The fraction of sp³-hybridized carbons (Fsp3) is 0.462. The summed E-state index contributed by atoms with van der Waals surface area (Å²) in [5.41, 5.74) is -0.450. The highest BCUT2D eigenvalue weighted by atomic mass is 19.4. The lowest BCUT2D eigenvalue weighted by Crippen LogP contribution is -2.35. The third kappa shape index (κ3) is 5.18. The quantitative estimate of drug-likeness (QED) is 0.842. The van der Waals surface area contributed by atoms with Crippen molar-refractivity contribution in [3.63, 3.8) is 0 Å². The van der Waals surface area contributed by atoms with Gasteiger partial charge in [-0.1, -0.05) is 6.92 Å². The molecule has 7 heteroatoms. The number of hydrogen-bond donors (Lipinski definition) is 2. The Bertz CT molecular complexity index is 432. The molecule has 0 aliphatic heterocycles. The van der Waals surface area contributed by atoms with Crippen LogP contribution in [-0.2, 0) is 11.0 Å². The predicted molar refractivity (Wildman–Crippen MR) is 69.3 cm³/mol. The standard InChI is InChI=1S/C13H17F3N2O2/c1-2-18(7-8-19)9-12(20)17-11-5-3-10(4-6-11)13(14,15)16/h3-6,19H,2,7-9H2,1H3,(H,17,20). The van der Waals surface area contributed by atoms with E-state index < -0.39 is 11.7 Å². The van der Waals surface area contributed by atoms with Gasteiger partial charge in [-0.05, 0) is 30.8 Å². The van der Waals surface area contributed by atoms with Crippen LogP contribution in [0, 0.1) is 0 Å². The van der Waals surface area contributed by atoms with Gasteiger partial charge in [-0.15, -0.1) is 0 Å². The Hall–Kier alpha value is -1.60. The number of carbonyl (C=O) groups excluding carboxylic acids is 1. The minimum atomic E-state index is -4.39. The number of aliphatic hydroxyl groups is 1. The molecule has 0 aliphatic rings. The highest BCUT2D eigenvalue weighted by Gasteiger charge is 2.29. The lowest BCUT2D eigenvalue weighted by Gasteiger charge is -2.18. The number of likely N-dealkylation sites (N-methyl/N-ethyl adjacent to an activating group) is 1. The number of amides is 1. The summed E-state index contributed by atoms with van der Waals surface area (Å²) in [5.74, 6) is -0.333. The first kappa shape index (κ1) is 16.5. The molecule has 0 fully saturated rings. The molecule has 1 aromatic carbocycles. The Kier molecular flexibility index (Phi) is 5.97. The Morgan fingerprint density at radius 1 is 1.30 bits per heavy atom. The minimum absolute atomic E-state index is 0.0542. The summed E-state index contributed by atoms with van der Waals surface area (Å²) in [4.78, 5) is 13.4. The van der Waals surface area contributed by atoms with E-state index in [-0.39, 0.29) is 19.1 Å². The lowest BCUT2D eigenvalue weighted by molar-refractivity contribution is -0.137. The first-order chi connectivity index (χ1) is 9.36. The van der Waals surface area contributed by atoms with E-state index in [2.05, 4.69) is 5.32 Å². The average Bonchev–Trinajstić information content (AvgIpc) is 2.37. The SMILES string of the molecule is CCN(CCO)CC(=O)Nc1ccc(C(F)(F)F)cc1. The van der Waals surface area contributed by atoms with Crippen LogP contribution in [0.25, 0.3) is 0 Å². The van der Waals surface area contributed by atoms with Crippen molar-refractivity contribution in [3.8, 4) is 0 Å². The summed E-state index contributed by atoms with van der Waals surface area (Å²) in [5, 5.41) is 11.3. The Labute approximate surface area is 115 Å². The molecule has 1 rings (SSSR count). The first-order valence-corrected chi connectivity index (χ1v) is 6.17. The predicted octanol–water partition coefficient (Wildman–Crippen LogP) is 1.96. The molecule has 0 saturated heterocycles. The zero-order valence-electron chi connectivity index (χ0n) is 11.1. The van der Waals surface area contributed by atoms with E-state index >= 15 is 0 Å². The maximum Gasteiger partial charge on any atom is 0.416 e. The van der Waals surface area contributed by atoms with Crippen molar-refractivity contribution in [2.45, 2.75) is 13.1 Å². The van der Waals surface area contributed by atoms with E-state index in [4.69, 9.17) is 5.11 Å². The number of halogens is 3. The van der Waals surface area contributed by atoms with Crippen LogP contribution in [0.3, 0.4) is 0 Å². The van der Waals surface area contributed by atoms with E-state index in [1.807, 2.05) is 6.92 Å². The van der Waals surface area contributed by atoms with Gasteiger partial charge in [-0.2, -0.15) is 13.2 Å². The first-order valence-electron chi connectivity index (χ1n) is 6.17. The molecule has 0 spiro atoms. The summed E-state index contributed by atoms with van der Waals surface area (Å²) < 4.78 is 37.1. The second-order valence-electron chi connectivity index (χ2n) is 4.22. The van der Waals surface area contributed by atoms with Crippen LogP contribution in [0.4, 0.5) is 18.9 Å². The zero-order chi connectivity index (χ0) is 15.2. The fourth-order valence-corrected chi connectivity index (χ4v) is 1.64. The van der Waals surface area contributed by atoms with Crippen molar-refractivity contribution in [2.24, 2.45) is 0 Å². The van der Waals surface area contributed by atoms with Gasteiger partial charge in [-0.25, -0.2) is 0 Å². The number of benzene rings is 1. The average molecular weight is 290 g/mol. The van der Waals surface area contributed by atoms with Gasteiger partial charge in [-0.3, -0.25) is 9.69 Å². The molecule has 1 aromatic rings. The van der Waals surface area contributed by atoms with Crippen LogP contribution in [0.2, 0.25) is 0 Å². The number of nitrogens with one attached hydrogen (secondary N) is 1. The van der Waals surface area contributed by atoms with Gasteiger partial charge in [0.05, 0.1) is 18.7 Å². The molecule has 2 N–H and O–H groups in total. The molecule has 0 unspecified atom stereocenters. The van der Waals surface area contributed by atoms with Gasteiger partial charge in [0.15, 0.2) is 0 Å². The Morgan fingerprint density at radius 2 is 1.90 bits per heavy atom. The normalized spacial score (nSPS) is 11.7. The second kappa shape index (κ2) is 7.25. The molecule has 0 radical (unpaired) electrons. The largest absolute Gasteiger partial charge is 0.416 e. The Morgan fingerprint density at radius 3 is 2.35 bits per heavy atom. The van der Waals surface area contributed by atoms with Crippen molar-refractivity contribution < 1.29 is 23.1 Å². The summed E-state index contributed by atoms with van der Waals surface area (Å²) >= 11 is 0. The molecule has 0 aliphatic carbocycles. The van der Waals surface area contributed by atoms with Crippen molar-refractivity contribution >= 4 is 11.6 Å². The topological polar surface area (TPSA) is 52.6 Å². The van der Waals surface area contributed by atoms with Crippen LogP contribution >= 0.6 is 0 Å². The van der Waals surface area contributed by atoms with Crippen LogP contribution in [0.1, 0.15) is 12.5 Å². The number of carbonyl (C=O) groups is 1. The monoisotopic (exact) mass is 290 g/mol. The van der Waals surface area contributed by atoms with Gasteiger partial charge in [0.25, 0.3) is 0 Å². The van der Waals surface area contributed by atoms with Crippen molar-refractivity contribution in [2.75, 3.05) is 31.6 Å². The smallest absolute Gasteiger partial charge is 0.395 e. The molecule has 0 bridgehead atoms. The maximum atomic E-state index is 12.4. The van der Waals surface area contributed by atoms with Gasteiger partial charge >= 0.3 is 6.18 Å². The number of rotatable bonds is 6. The summed E-state index contributed by atoms with van der Waals surface area (Å²) in [6.45, 7) is 2.85. The summed E-state index contributed by atoms with van der Waals surface area (Å²) in [6, 6.07) is 4.26. The highest BCUT2D eigenvalue weighted by Crippen LogP contribution is 2.29. The lowest BCUT2D eigenvalue weighted by atomic mass is 10.2. The van der Waals surface area contributed by atoms with Crippen molar-refractivity contribution in [1.29, 1.82) is 0 Å². The molecule has 0 saturated carbocycles. The summed E-state index contributed by atoms with van der Waals surface area (Å²) in [6.07, 6.45) is -4.39. The third-order valence-corrected chi connectivity index (χ3v) is 2.73. The van der Waals surface area contributed by atoms with Gasteiger partial charge in [0, 0.05) is 12.2 Å². The summed E-state index contributed by atoms with van der Waals surface area (Å²) in [7, 11) is 0. The fourth-order valence-electron chi connectivity index (χ4n) is 1.64. The molecular weight excluding hydrogens is 273 g/mol. The van der Waals surface area contributed by atoms with E-state index in [0.717, 1.165) is 12.1 Å². The van der Waals surface area contributed by atoms with Crippen LogP contribution in [0.15, 0.2) is 24.3 Å². The van der Waals surface area contributed by atoms with Gasteiger partial charge in [0.2, 0.25) is 5.91 Å². The van der Waals surface area contributed by atoms with E-state index in [0.29, 0.717) is 18.8 Å². The number of hydrogen-bond acceptors (Lipinski definition) is 3. The van der Waals surface area contributed by atoms with Crippen LogP contribution in [-0.4, -0.2) is 42.2 Å². The maximum absolute atomic E-state index is 12.4. The van der Waals surface area contributed by atoms with E-state index in [1.54, 1.807) is 4.90 Å². The molecule has 1 amide bonds. The zero-order valence-corrected chi connectivity index (χ0v) is 11.1. The van der Waals surface area contributed by atoms with Gasteiger partial charge in [0.1, 0.15) is 0 Å². The number of anilines is 1. The number of alkyl halides is 3. The van der Waals surface area contributed by atoms with E-state index in [9.17, 15) is 18.0 Å². The molecular formula is C13H17F3N2O2. The number of aliphatic hydroxyl groups excluding tert-OH is 1. The number of nitrogens with zero attached hydrogens (tertiary/aromatic N) is 1. The van der Waals surface area contributed by atoms with Crippen LogP contribution < -0.4 is 5.32 Å². The van der Waals surface area contributed by atoms with E-state index in [1.165, 1.54) is 12.1 Å². The van der Waals surface area contributed by atoms with Crippen molar-refractivity contribution in [3.05, 3.63) is 29.8 Å². The third-order valence-electron chi connectivity index (χ3n) is 2.73. The highest BCUT2D eigenvalue weighted by molar-refractivity contribution is 5.92. The molecule has 4 nitrogen and oxygen atoms in total. The van der Waals surface area contributed by atoms with Crippen LogP contribution in [0.5, 0.6) is 0 Å². The Balaban J connectivity index is 2.58. The molecule has 0 heterocycles. The minimum Gasteiger partial charge on any atom is -0.395 e. The van der Waals surface area contributed by atoms with Gasteiger partial charge < -0.3 is 10.4 Å². The molecule has 112 valence electrons. The molecule has 0 atom stereocenters. The second-order valence-corrected chi connectivity index (χ2v) is 4.22.